The highest BCUT2D eigenvalue weighted by Gasteiger charge is 2.59. The Morgan fingerprint density at radius 3 is 2.48 bits per heavy atom. The molecule has 31 heavy (non-hydrogen) atoms. The Kier molecular flexibility index (Phi) is 5.41. The lowest BCUT2D eigenvalue weighted by Gasteiger charge is -2.41. The average molecular weight is 436 g/mol. The number of alkyl halides is 3. The van der Waals surface area contributed by atoms with Crippen molar-refractivity contribution < 1.29 is 27.1 Å². The van der Waals surface area contributed by atoms with Gasteiger partial charge in [-0.05, 0) is 32.0 Å². The van der Waals surface area contributed by atoms with E-state index in [0.717, 1.165) is 25.4 Å². The Labute approximate surface area is 173 Å². The van der Waals surface area contributed by atoms with Crippen LogP contribution in [0.2, 0.25) is 0 Å². The number of hydrogen-bond donors (Lipinski definition) is 2. The first-order valence-electron chi connectivity index (χ1n) is 8.79. The number of nitriles is 1. The SMILES string of the molecule is CC1(c2cc(NC(=O)c3ncc(C#N)cn3)ccc2F)COC(C)(C(F)(F)F)C(N)=N1. The van der Waals surface area contributed by atoms with Gasteiger partial charge in [-0.2, -0.15) is 18.4 Å². The smallest absolute Gasteiger partial charge is 0.385 e. The largest absolute Gasteiger partial charge is 0.424 e. The second-order valence-electron chi connectivity index (χ2n) is 7.15. The Morgan fingerprint density at radius 1 is 1.29 bits per heavy atom. The van der Waals surface area contributed by atoms with Gasteiger partial charge in [0.25, 0.3) is 5.91 Å². The van der Waals surface area contributed by atoms with E-state index in [9.17, 15) is 22.4 Å². The number of rotatable bonds is 3. The number of anilines is 1. The summed E-state index contributed by atoms with van der Waals surface area (Å²) in [6.45, 7) is 1.51. The zero-order valence-electron chi connectivity index (χ0n) is 16.3. The molecule has 1 aliphatic rings. The van der Waals surface area contributed by atoms with Gasteiger partial charge >= 0.3 is 6.18 Å². The van der Waals surface area contributed by atoms with E-state index in [4.69, 9.17) is 15.7 Å². The normalized spacial score (nSPS) is 23.6. The number of aromatic nitrogens is 2. The molecule has 3 rings (SSSR count). The highest BCUT2D eigenvalue weighted by Crippen LogP contribution is 2.41. The average Bonchev–Trinajstić information content (AvgIpc) is 2.71. The predicted octanol–water partition coefficient (Wildman–Crippen LogP) is 2.66. The Hall–Kier alpha value is -3.59. The van der Waals surface area contributed by atoms with Crippen LogP contribution >= 0.6 is 0 Å². The van der Waals surface area contributed by atoms with Gasteiger partial charge in [-0.3, -0.25) is 9.79 Å². The molecule has 162 valence electrons. The quantitative estimate of drug-likeness (QED) is 0.713. The van der Waals surface area contributed by atoms with E-state index < -0.39 is 41.5 Å². The van der Waals surface area contributed by atoms with Crippen molar-refractivity contribution >= 4 is 17.4 Å². The van der Waals surface area contributed by atoms with Crippen LogP contribution in [0.15, 0.2) is 35.6 Å². The topological polar surface area (TPSA) is 126 Å². The number of benzene rings is 1. The maximum absolute atomic E-state index is 14.5. The summed E-state index contributed by atoms with van der Waals surface area (Å²) >= 11 is 0. The molecular formula is C19H16F4N6O2. The van der Waals surface area contributed by atoms with Gasteiger partial charge in [0.2, 0.25) is 11.4 Å². The molecule has 2 heterocycles. The van der Waals surface area contributed by atoms with Crippen LogP contribution in [0.4, 0.5) is 23.2 Å². The van der Waals surface area contributed by atoms with Crippen LogP contribution in [0, 0.1) is 17.1 Å². The van der Waals surface area contributed by atoms with Gasteiger partial charge in [0.1, 0.15) is 23.3 Å². The molecule has 1 aromatic heterocycles. The van der Waals surface area contributed by atoms with Crippen molar-refractivity contribution in [3.05, 3.63) is 53.4 Å². The van der Waals surface area contributed by atoms with Crippen LogP contribution in [0.5, 0.6) is 0 Å². The third-order valence-electron chi connectivity index (χ3n) is 4.83. The summed E-state index contributed by atoms with van der Waals surface area (Å²) in [6, 6.07) is 5.31. The van der Waals surface area contributed by atoms with Crippen molar-refractivity contribution in [3.8, 4) is 6.07 Å². The Balaban J connectivity index is 1.91. The number of amides is 1. The van der Waals surface area contributed by atoms with E-state index in [-0.39, 0.29) is 22.6 Å². The first kappa shape index (κ1) is 22.1. The molecule has 0 saturated carbocycles. The Bertz CT molecular complexity index is 1100. The molecule has 3 N–H and O–H groups in total. The minimum absolute atomic E-state index is 0.119. The molecule has 2 aromatic rings. The first-order chi connectivity index (χ1) is 14.4. The fourth-order valence-corrected chi connectivity index (χ4v) is 2.83. The van der Waals surface area contributed by atoms with Crippen LogP contribution in [-0.2, 0) is 10.3 Å². The molecule has 0 saturated heterocycles. The monoisotopic (exact) mass is 436 g/mol. The van der Waals surface area contributed by atoms with Crippen molar-refractivity contribution in [1.82, 2.24) is 9.97 Å². The van der Waals surface area contributed by atoms with E-state index in [1.165, 1.54) is 19.1 Å². The number of carbonyl (C=O) groups is 1. The number of ether oxygens (including phenoxy) is 1. The van der Waals surface area contributed by atoms with E-state index in [2.05, 4.69) is 20.3 Å². The number of amidine groups is 1. The maximum atomic E-state index is 14.5. The zero-order valence-corrected chi connectivity index (χ0v) is 16.3. The van der Waals surface area contributed by atoms with E-state index in [1.807, 2.05) is 6.07 Å². The van der Waals surface area contributed by atoms with Gasteiger partial charge in [-0.1, -0.05) is 0 Å². The van der Waals surface area contributed by atoms with Gasteiger partial charge in [0.15, 0.2) is 0 Å². The van der Waals surface area contributed by atoms with Gasteiger partial charge in [0, 0.05) is 23.6 Å². The third kappa shape index (κ3) is 4.04. The van der Waals surface area contributed by atoms with Crippen molar-refractivity contribution in [3.63, 3.8) is 0 Å². The number of nitrogens with zero attached hydrogens (tertiary/aromatic N) is 4. The predicted molar refractivity (Wildman–Crippen MR) is 100 cm³/mol. The lowest BCUT2D eigenvalue weighted by atomic mass is 9.89. The summed E-state index contributed by atoms with van der Waals surface area (Å²) in [7, 11) is 0. The molecule has 12 heteroatoms. The minimum Gasteiger partial charge on any atom is -0.385 e. The van der Waals surface area contributed by atoms with Crippen LogP contribution in [0.3, 0.4) is 0 Å². The number of nitrogens with two attached hydrogens (primary N) is 1. The summed E-state index contributed by atoms with van der Waals surface area (Å²) in [4.78, 5) is 23.7. The molecule has 1 aliphatic heterocycles. The number of carbonyl (C=O) groups excluding carboxylic acids is 1. The number of halogens is 4. The number of hydrogen-bond acceptors (Lipinski definition) is 7. The molecular weight excluding hydrogens is 420 g/mol. The number of aliphatic imine (C=N–C) groups is 1. The summed E-state index contributed by atoms with van der Waals surface area (Å²) in [5, 5.41) is 11.2. The Morgan fingerprint density at radius 2 is 1.94 bits per heavy atom. The second kappa shape index (κ2) is 7.59. The van der Waals surface area contributed by atoms with E-state index >= 15 is 0 Å². The van der Waals surface area contributed by atoms with Crippen molar-refractivity contribution in [2.45, 2.75) is 31.2 Å². The minimum atomic E-state index is -4.81. The molecule has 0 fully saturated rings. The van der Waals surface area contributed by atoms with Crippen molar-refractivity contribution in [2.24, 2.45) is 10.7 Å². The van der Waals surface area contributed by atoms with E-state index in [1.54, 1.807) is 0 Å². The summed E-state index contributed by atoms with van der Waals surface area (Å²) < 4.78 is 59.4. The van der Waals surface area contributed by atoms with E-state index in [0.29, 0.717) is 0 Å². The van der Waals surface area contributed by atoms with Gasteiger partial charge in [-0.25, -0.2) is 14.4 Å². The molecule has 0 radical (unpaired) electrons. The first-order valence-corrected chi connectivity index (χ1v) is 8.79. The van der Waals surface area contributed by atoms with Crippen LogP contribution < -0.4 is 11.1 Å². The molecule has 0 spiro atoms. The zero-order chi connectivity index (χ0) is 23.0. The fraction of sp³-hybridized carbons (Fsp3) is 0.316. The summed E-state index contributed by atoms with van der Waals surface area (Å²) in [5.41, 5.74) is 1.35. The van der Waals surface area contributed by atoms with Crippen LogP contribution in [0.1, 0.15) is 35.6 Å². The maximum Gasteiger partial charge on any atom is 0.424 e. The molecule has 1 amide bonds. The van der Waals surface area contributed by atoms with Gasteiger partial charge < -0.3 is 15.8 Å². The van der Waals surface area contributed by atoms with Gasteiger partial charge in [-0.15, -0.1) is 0 Å². The summed E-state index contributed by atoms with van der Waals surface area (Å²) in [6.07, 6.45) is -2.49. The third-order valence-corrected chi connectivity index (χ3v) is 4.83. The lowest BCUT2D eigenvalue weighted by Crippen LogP contribution is -2.60. The molecule has 8 nitrogen and oxygen atoms in total. The van der Waals surface area contributed by atoms with Crippen molar-refractivity contribution in [1.29, 1.82) is 5.26 Å². The fourth-order valence-electron chi connectivity index (χ4n) is 2.83. The number of nitrogens with one attached hydrogen (secondary N) is 1. The van der Waals surface area contributed by atoms with Crippen LogP contribution in [-0.4, -0.2) is 40.1 Å². The van der Waals surface area contributed by atoms with Crippen LogP contribution in [0.25, 0.3) is 0 Å². The van der Waals surface area contributed by atoms with Crippen molar-refractivity contribution in [2.75, 3.05) is 11.9 Å². The van der Waals surface area contributed by atoms with Gasteiger partial charge in [0.05, 0.1) is 12.2 Å². The lowest BCUT2D eigenvalue weighted by molar-refractivity contribution is -0.249. The molecule has 2 unspecified atom stereocenters. The highest BCUT2D eigenvalue weighted by atomic mass is 19.4. The second-order valence-corrected chi connectivity index (χ2v) is 7.15. The highest BCUT2D eigenvalue weighted by molar-refractivity contribution is 6.01. The molecule has 0 bridgehead atoms. The summed E-state index contributed by atoms with van der Waals surface area (Å²) in [5.74, 6) is -2.58. The molecule has 2 atom stereocenters. The molecule has 1 aromatic carbocycles. The molecule has 0 aliphatic carbocycles. The standard InChI is InChI=1S/C19H16F4N6O2/c1-17(9-31-18(2,16(25)29-17)19(21,22)23)12-5-11(3-4-13(12)20)28-15(30)14-26-7-10(6-24)8-27-14/h3-5,7-8H,9H2,1-2H3,(H2,25,29)(H,28,30).